The summed E-state index contributed by atoms with van der Waals surface area (Å²) in [6.45, 7) is 3.87. The summed E-state index contributed by atoms with van der Waals surface area (Å²) in [5, 5.41) is 13.5. The van der Waals surface area contributed by atoms with E-state index in [0.29, 0.717) is 5.69 Å². The lowest BCUT2D eigenvalue weighted by Gasteiger charge is -2.09. The standard InChI is InChI=1S/C14H15N3O3/c1-9-4-5-12(10(2)6-9)15-14(18)13-7-11(17(19)20)8-16(13)3/h4-8H,1-3H3,(H,15,18). The van der Waals surface area contributed by atoms with E-state index in [1.54, 1.807) is 7.05 Å². The normalized spacial score (nSPS) is 10.3. The number of hydrogen-bond donors (Lipinski definition) is 1. The van der Waals surface area contributed by atoms with E-state index in [2.05, 4.69) is 5.32 Å². The number of amides is 1. The molecule has 1 heterocycles. The van der Waals surface area contributed by atoms with Gasteiger partial charge in [-0.2, -0.15) is 0 Å². The van der Waals surface area contributed by atoms with E-state index in [-0.39, 0.29) is 17.3 Å². The average Bonchev–Trinajstić information content (AvgIpc) is 2.75. The van der Waals surface area contributed by atoms with Crippen molar-refractivity contribution in [1.82, 2.24) is 4.57 Å². The highest BCUT2D eigenvalue weighted by Crippen LogP contribution is 2.19. The van der Waals surface area contributed by atoms with Crippen molar-refractivity contribution in [2.45, 2.75) is 13.8 Å². The molecule has 0 unspecified atom stereocenters. The van der Waals surface area contributed by atoms with Crippen molar-refractivity contribution in [3.8, 4) is 0 Å². The van der Waals surface area contributed by atoms with Gasteiger partial charge in [0.1, 0.15) is 5.69 Å². The first-order valence-corrected chi connectivity index (χ1v) is 6.08. The van der Waals surface area contributed by atoms with Crippen LogP contribution in [-0.4, -0.2) is 15.4 Å². The van der Waals surface area contributed by atoms with E-state index < -0.39 is 4.92 Å². The van der Waals surface area contributed by atoms with Gasteiger partial charge in [-0.25, -0.2) is 0 Å². The summed E-state index contributed by atoms with van der Waals surface area (Å²) in [4.78, 5) is 22.3. The maximum absolute atomic E-state index is 12.2. The summed E-state index contributed by atoms with van der Waals surface area (Å²) in [7, 11) is 1.60. The molecule has 1 aromatic carbocycles. The SMILES string of the molecule is Cc1ccc(NC(=O)c2cc([N+](=O)[O-])cn2C)c(C)c1. The first-order valence-electron chi connectivity index (χ1n) is 6.08. The molecular weight excluding hydrogens is 258 g/mol. The lowest BCUT2D eigenvalue weighted by atomic mass is 10.1. The van der Waals surface area contributed by atoms with Crippen molar-refractivity contribution < 1.29 is 9.72 Å². The van der Waals surface area contributed by atoms with Gasteiger partial charge in [0.15, 0.2) is 0 Å². The summed E-state index contributed by atoms with van der Waals surface area (Å²) in [5.41, 5.74) is 2.90. The highest BCUT2D eigenvalue weighted by atomic mass is 16.6. The topological polar surface area (TPSA) is 77.2 Å². The first-order chi connectivity index (χ1) is 9.38. The van der Waals surface area contributed by atoms with Gasteiger partial charge >= 0.3 is 0 Å². The van der Waals surface area contributed by atoms with E-state index in [4.69, 9.17) is 0 Å². The zero-order valence-corrected chi connectivity index (χ0v) is 11.5. The fourth-order valence-electron chi connectivity index (χ4n) is 2.01. The number of hydrogen-bond acceptors (Lipinski definition) is 3. The molecule has 1 amide bonds. The molecule has 2 aromatic rings. The highest BCUT2D eigenvalue weighted by molar-refractivity contribution is 6.04. The number of nitrogens with one attached hydrogen (secondary N) is 1. The molecule has 0 bridgehead atoms. The quantitative estimate of drug-likeness (QED) is 0.690. The Morgan fingerprint density at radius 1 is 1.30 bits per heavy atom. The molecule has 104 valence electrons. The zero-order chi connectivity index (χ0) is 14.9. The van der Waals surface area contributed by atoms with E-state index in [9.17, 15) is 14.9 Å². The van der Waals surface area contributed by atoms with E-state index in [0.717, 1.165) is 11.1 Å². The Hall–Kier alpha value is -2.63. The second-order valence-corrected chi connectivity index (χ2v) is 4.72. The Morgan fingerprint density at radius 3 is 2.55 bits per heavy atom. The van der Waals surface area contributed by atoms with Gasteiger partial charge in [-0.05, 0) is 25.5 Å². The van der Waals surface area contributed by atoms with Crippen LogP contribution in [0.3, 0.4) is 0 Å². The molecule has 1 aromatic heterocycles. The van der Waals surface area contributed by atoms with Gasteiger partial charge in [0.25, 0.3) is 11.6 Å². The number of carbonyl (C=O) groups is 1. The largest absolute Gasteiger partial charge is 0.340 e. The fourth-order valence-corrected chi connectivity index (χ4v) is 2.01. The minimum absolute atomic E-state index is 0.0988. The molecule has 0 aliphatic carbocycles. The molecule has 0 saturated carbocycles. The molecule has 6 nitrogen and oxygen atoms in total. The zero-order valence-electron chi connectivity index (χ0n) is 11.5. The number of anilines is 1. The van der Waals surface area contributed by atoms with Crippen molar-refractivity contribution in [2.24, 2.45) is 7.05 Å². The Kier molecular flexibility index (Phi) is 3.56. The maximum Gasteiger partial charge on any atom is 0.287 e. The second-order valence-electron chi connectivity index (χ2n) is 4.72. The highest BCUT2D eigenvalue weighted by Gasteiger charge is 2.18. The van der Waals surface area contributed by atoms with Crippen LogP contribution < -0.4 is 5.32 Å². The van der Waals surface area contributed by atoms with Gasteiger partial charge in [0.2, 0.25) is 0 Å². The third-order valence-electron chi connectivity index (χ3n) is 3.06. The molecule has 0 saturated heterocycles. The van der Waals surface area contributed by atoms with Gasteiger partial charge in [-0.3, -0.25) is 14.9 Å². The number of nitrogens with zero attached hydrogens (tertiary/aromatic N) is 2. The van der Waals surface area contributed by atoms with Crippen LogP contribution >= 0.6 is 0 Å². The average molecular weight is 273 g/mol. The predicted molar refractivity (Wildman–Crippen MR) is 75.9 cm³/mol. The number of aromatic nitrogens is 1. The third kappa shape index (κ3) is 2.69. The summed E-state index contributed by atoms with van der Waals surface area (Å²) in [5.74, 6) is -0.368. The molecule has 1 N–H and O–H groups in total. The molecule has 0 aliphatic heterocycles. The minimum atomic E-state index is -0.520. The van der Waals surface area contributed by atoms with Crippen LogP contribution in [0.5, 0.6) is 0 Å². The Labute approximate surface area is 116 Å². The number of rotatable bonds is 3. The van der Waals surface area contributed by atoms with Crippen LogP contribution in [0.4, 0.5) is 11.4 Å². The Balaban J connectivity index is 2.26. The molecule has 6 heteroatoms. The van der Waals surface area contributed by atoms with E-state index >= 15 is 0 Å². The van der Waals surface area contributed by atoms with Crippen molar-refractivity contribution in [2.75, 3.05) is 5.32 Å². The summed E-state index contributed by atoms with van der Waals surface area (Å²) < 4.78 is 1.44. The second kappa shape index (κ2) is 5.16. The molecule has 0 atom stereocenters. The number of carbonyl (C=O) groups excluding carboxylic acids is 1. The third-order valence-corrected chi connectivity index (χ3v) is 3.06. The van der Waals surface area contributed by atoms with Crippen molar-refractivity contribution in [1.29, 1.82) is 0 Å². The molecule has 0 radical (unpaired) electrons. The van der Waals surface area contributed by atoms with Gasteiger partial charge < -0.3 is 9.88 Å². The van der Waals surface area contributed by atoms with Crippen LogP contribution in [-0.2, 0) is 7.05 Å². The van der Waals surface area contributed by atoms with Crippen LogP contribution in [0, 0.1) is 24.0 Å². The summed E-state index contributed by atoms with van der Waals surface area (Å²) in [6.07, 6.45) is 1.32. The van der Waals surface area contributed by atoms with Gasteiger partial charge in [0.05, 0.1) is 11.1 Å². The van der Waals surface area contributed by atoms with Gasteiger partial charge in [-0.15, -0.1) is 0 Å². The molecule has 2 rings (SSSR count). The van der Waals surface area contributed by atoms with Crippen molar-refractivity contribution in [3.63, 3.8) is 0 Å². The van der Waals surface area contributed by atoms with E-state index in [1.165, 1.54) is 16.8 Å². The lowest BCUT2D eigenvalue weighted by Crippen LogP contribution is -2.16. The van der Waals surface area contributed by atoms with Crippen molar-refractivity contribution in [3.05, 3.63) is 57.4 Å². The van der Waals surface area contributed by atoms with Crippen LogP contribution in [0.15, 0.2) is 30.5 Å². The first kappa shape index (κ1) is 13.8. The smallest absolute Gasteiger partial charge is 0.287 e. The Morgan fingerprint density at radius 2 is 2.00 bits per heavy atom. The maximum atomic E-state index is 12.2. The van der Waals surface area contributed by atoms with Gasteiger partial charge in [-0.1, -0.05) is 17.7 Å². The molecular formula is C14H15N3O3. The molecule has 0 aliphatic rings. The molecule has 0 spiro atoms. The minimum Gasteiger partial charge on any atom is -0.340 e. The number of aryl methyl sites for hydroxylation is 3. The lowest BCUT2D eigenvalue weighted by molar-refractivity contribution is -0.384. The van der Waals surface area contributed by atoms with Crippen LogP contribution in [0.1, 0.15) is 21.6 Å². The van der Waals surface area contributed by atoms with Crippen molar-refractivity contribution >= 4 is 17.3 Å². The van der Waals surface area contributed by atoms with Crippen LogP contribution in [0.25, 0.3) is 0 Å². The summed E-state index contributed by atoms with van der Waals surface area (Å²) >= 11 is 0. The fraction of sp³-hybridized carbons (Fsp3) is 0.214. The monoisotopic (exact) mass is 273 g/mol. The van der Waals surface area contributed by atoms with Crippen LogP contribution in [0.2, 0.25) is 0 Å². The number of benzene rings is 1. The molecule has 20 heavy (non-hydrogen) atoms. The van der Waals surface area contributed by atoms with Gasteiger partial charge in [0, 0.05) is 18.8 Å². The Bertz CT molecular complexity index is 689. The van der Waals surface area contributed by atoms with E-state index in [1.807, 2.05) is 32.0 Å². The predicted octanol–water partition coefficient (Wildman–Crippen LogP) is 2.80. The summed E-state index contributed by atoms with van der Waals surface area (Å²) in [6, 6.07) is 6.94. The number of nitro groups is 1. The molecule has 0 fully saturated rings.